The maximum absolute atomic E-state index is 13.1. The van der Waals surface area contributed by atoms with E-state index in [0.717, 1.165) is 5.56 Å². The first-order chi connectivity index (χ1) is 13.2. The SMILES string of the molecule is CC(C)Oc1nc(-c2ccc(C(C)(C)C)cc2)n(C(=O)c2ccccc2Cl)n1. The van der Waals surface area contributed by atoms with E-state index in [1.165, 1.54) is 10.2 Å². The first kappa shape index (κ1) is 20.1. The van der Waals surface area contributed by atoms with Gasteiger partial charge in [-0.1, -0.05) is 68.8 Å². The van der Waals surface area contributed by atoms with Gasteiger partial charge in [-0.05, 0) is 37.0 Å². The molecule has 0 radical (unpaired) electrons. The molecule has 5 nitrogen and oxygen atoms in total. The second-order valence-corrected chi connectivity index (χ2v) is 8.32. The summed E-state index contributed by atoms with van der Waals surface area (Å²) < 4.78 is 6.88. The van der Waals surface area contributed by atoms with Gasteiger partial charge in [0.15, 0.2) is 5.82 Å². The molecule has 6 heteroatoms. The molecule has 146 valence electrons. The third-order valence-electron chi connectivity index (χ3n) is 4.23. The second-order valence-electron chi connectivity index (χ2n) is 7.91. The van der Waals surface area contributed by atoms with Crippen molar-refractivity contribution in [1.82, 2.24) is 14.8 Å². The highest BCUT2D eigenvalue weighted by molar-refractivity contribution is 6.33. The predicted octanol–water partition coefficient (Wildman–Crippen LogP) is 5.37. The summed E-state index contributed by atoms with van der Waals surface area (Å²) in [5, 5.41) is 4.65. The van der Waals surface area contributed by atoms with Gasteiger partial charge in [0.2, 0.25) is 0 Å². The molecule has 0 amide bonds. The van der Waals surface area contributed by atoms with Crippen LogP contribution in [0.1, 0.15) is 50.5 Å². The fraction of sp³-hybridized carbons (Fsp3) is 0.318. The number of ether oxygens (including phenoxy) is 1. The van der Waals surface area contributed by atoms with Gasteiger partial charge in [-0.2, -0.15) is 9.67 Å². The molecule has 0 N–H and O–H groups in total. The Morgan fingerprint density at radius 2 is 1.71 bits per heavy atom. The van der Waals surface area contributed by atoms with E-state index >= 15 is 0 Å². The minimum absolute atomic E-state index is 0.0332. The van der Waals surface area contributed by atoms with Crippen LogP contribution in [-0.4, -0.2) is 26.8 Å². The fourth-order valence-electron chi connectivity index (χ4n) is 2.75. The zero-order valence-corrected chi connectivity index (χ0v) is 17.5. The number of carbonyl (C=O) groups excluding carboxylic acids is 1. The molecule has 1 heterocycles. The Kier molecular flexibility index (Phi) is 5.57. The highest BCUT2D eigenvalue weighted by Crippen LogP contribution is 2.27. The van der Waals surface area contributed by atoms with Gasteiger partial charge in [-0.3, -0.25) is 4.79 Å². The van der Waals surface area contributed by atoms with Crippen molar-refractivity contribution in [3.05, 3.63) is 64.7 Å². The lowest BCUT2D eigenvalue weighted by Gasteiger charge is -2.19. The molecule has 0 unspecified atom stereocenters. The van der Waals surface area contributed by atoms with Crippen LogP contribution in [-0.2, 0) is 5.41 Å². The summed E-state index contributed by atoms with van der Waals surface area (Å²) in [5.74, 6) is 0.0626. The Bertz CT molecular complexity index is 986. The molecule has 0 aliphatic carbocycles. The average Bonchev–Trinajstić information content (AvgIpc) is 3.04. The van der Waals surface area contributed by atoms with E-state index in [9.17, 15) is 4.79 Å². The largest absolute Gasteiger partial charge is 0.460 e. The number of benzene rings is 2. The summed E-state index contributed by atoms with van der Waals surface area (Å²) in [6.07, 6.45) is -0.109. The number of halogens is 1. The monoisotopic (exact) mass is 397 g/mol. The topological polar surface area (TPSA) is 57.0 Å². The van der Waals surface area contributed by atoms with Crippen molar-refractivity contribution < 1.29 is 9.53 Å². The Morgan fingerprint density at radius 1 is 1.07 bits per heavy atom. The van der Waals surface area contributed by atoms with E-state index in [4.69, 9.17) is 16.3 Å². The Morgan fingerprint density at radius 3 is 2.29 bits per heavy atom. The lowest BCUT2D eigenvalue weighted by atomic mass is 9.87. The molecule has 2 aromatic carbocycles. The molecule has 0 fully saturated rings. The van der Waals surface area contributed by atoms with Gasteiger partial charge in [-0.25, -0.2) is 0 Å². The van der Waals surface area contributed by atoms with Crippen LogP contribution in [0.4, 0.5) is 0 Å². The van der Waals surface area contributed by atoms with Crippen LogP contribution in [0.3, 0.4) is 0 Å². The van der Waals surface area contributed by atoms with Gasteiger partial charge < -0.3 is 4.74 Å². The van der Waals surface area contributed by atoms with Crippen LogP contribution in [0.2, 0.25) is 5.02 Å². The van der Waals surface area contributed by atoms with Crippen molar-refractivity contribution in [2.45, 2.75) is 46.1 Å². The van der Waals surface area contributed by atoms with Gasteiger partial charge >= 0.3 is 6.01 Å². The van der Waals surface area contributed by atoms with Crippen molar-refractivity contribution in [3.8, 4) is 17.4 Å². The number of hydrogen-bond acceptors (Lipinski definition) is 4. The lowest BCUT2D eigenvalue weighted by molar-refractivity contribution is 0.0943. The second kappa shape index (κ2) is 7.76. The van der Waals surface area contributed by atoms with Crippen LogP contribution < -0.4 is 4.74 Å². The molecule has 0 spiro atoms. The summed E-state index contributed by atoms with van der Waals surface area (Å²) in [7, 11) is 0. The first-order valence-corrected chi connectivity index (χ1v) is 9.58. The van der Waals surface area contributed by atoms with Crippen LogP contribution in [0, 0.1) is 0 Å². The van der Waals surface area contributed by atoms with Crippen LogP contribution in [0.15, 0.2) is 48.5 Å². The van der Waals surface area contributed by atoms with Crippen molar-refractivity contribution in [1.29, 1.82) is 0 Å². The van der Waals surface area contributed by atoms with E-state index in [1.807, 2.05) is 38.1 Å². The predicted molar refractivity (Wildman–Crippen MR) is 111 cm³/mol. The van der Waals surface area contributed by atoms with Crippen molar-refractivity contribution >= 4 is 17.5 Å². The fourth-order valence-corrected chi connectivity index (χ4v) is 2.97. The van der Waals surface area contributed by atoms with Crippen LogP contribution in [0.5, 0.6) is 6.01 Å². The molecule has 0 atom stereocenters. The number of nitrogens with zero attached hydrogens (tertiary/aromatic N) is 3. The number of hydrogen-bond donors (Lipinski definition) is 0. The highest BCUT2D eigenvalue weighted by atomic mass is 35.5. The summed E-state index contributed by atoms with van der Waals surface area (Å²) in [6.45, 7) is 10.2. The molecule has 0 saturated carbocycles. The number of aromatic nitrogens is 3. The van der Waals surface area contributed by atoms with Crippen molar-refractivity contribution in [2.75, 3.05) is 0 Å². The Labute approximate surface area is 170 Å². The molecule has 0 bridgehead atoms. The molecule has 0 aliphatic heterocycles. The van der Waals surface area contributed by atoms with Gasteiger partial charge in [0.1, 0.15) is 0 Å². The number of carbonyl (C=O) groups is 1. The van der Waals surface area contributed by atoms with E-state index in [0.29, 0.717) is 16.4 Å². The first-order valence-electron chi connectivity index (χ1n) is 9.20. The average molecular weight is 398 g/mol. The van der Waals surface area contributed by atoms with Crippen molar-refractivity contribution in [2.24, 2.45) is 0 Å². The Hall–Kier alpha value is -2.66. The van der Waals surface area contributed by atoms with Crippen LogP contribution >= 0.6 is 11.6 Å². The molecular weight excluding hydrogens is 374 g/mol. The molecule has 3 aromatic rings. The van der Waals surface area contributed by atoms with Crippen LogP contribution in [0.25, 0.3) is 11.4 Å². The minimum Gasteiger partial charge on any atom is -0.460 e. The maximum Gasteiger partial charge on any atom is 0.336 e. The van der Waals surface area contributed by atoms with Gasteiger partial charge in [0.05, 0.1) is 16.7 Å². The van der Waals surface area contributed by atoms with E-state index in [2.05, 4.69) is 30.9 Å². The van der Waals surface area contributed by atoms with E-state index in [1.54, 1.807) is 24.3 Å². The summed E-state index contributed by atoms with van der Waals surface area (Å²) in [5.41, 5.74) is 2.36. The Balaban J connectivity index is 2.08. The third-order valence-corrected chi connectivity index (χ3v) is 4.56. The maximum atomic E-state index is 13.1. The molecule has 0 aliphatic rings. The van der Waals surface area contributed by atoms with Crippen molar-refractivity contribution in [3.63, 3.8) is 0 Å². The smallest absolute Gasteiger partial charge is 0.336 e. The molecule has 1 aromatic heterocycles. The van der Waals surface area contributed by atoms with Gasteiger partial charge in [0.25, 0.3) is 5.91 Å². The standard InChI is InChI=1S/C22H24ClN3O2/c1-14(2)28-21-24-19(15-10-12-16(13-11-15)22(3,4)5)26(25-21)20(27)17-8-6-7-9-18(17)23/h6-14H,1-5H3. The lowest BCUT2D eigenvalue weighted by Crippen LogP contribution is -2.16. The zero-order chi connectivity index (χ0) is 20.5. The molecular formula is C22H24ClN3O2. The molecule has 3 rings (SSSR count). The summed E-state index contributed by atoms with van der Waals surface area (Å²) >= 11 is 6.22. The highest BCUT2D eigenvalue weighted by Gasteiger charge is 2.22. The molecule has 28 heavy (non-hydrogen) atoms. The van der Waals surface area contributed by atoms with Gasteiger partial charge in [0, 0.05) is 5.56 Å². The minimum atomic E-state index is -0.355. The van der Waals surface area contributed by atoms with E-state index < -0.39 is 0 Å². The summed E-state index contributed by atoms with van der Waals surface area (Å²) in [4.78, 5) is 17.6. The third kappa shape index (κ3) is 4.25. The van der Waals surface area contributed by atoms with E-state index in [-0.39, 0.29) is 23.4 Å². The molecule has 0 saturated heterocycles. The van der Waals surface area contributed by atoms with Gasteiger partial charge in [-0.15, -0.1) is 5.10 Å². The summed E-state index contributed by atoms with van der Waals surface area (Å²) in [6, 6.07) is 15.0. The number of rotatable bonds is 4. The quantitative estimate of drug-likeness (QED) is 0.593. The normalized spacial score (nSPS) is 11.7. The zero-order valence-electron chi connectivity index (χ0n) is 16.7.